The van der Waals surface area contributed by atoms with Gasteiger partial charge in [-0.2, -0.15) is 5.26 Å². The summed E-state index contributed by atoms with van der Waals surface area (Å²) in [4.78, 5) is 0. The average Bonchev–Trinajstić information content (AvgIpc) is 2.04. The Morgan fingerprint density at radius 3 is 2.91 bits per heavy atom. The van der Waals surface area contributed by atoms with Crippen molar-refractivity contribution < 1.29 is 5.11 Å². The summed E-state index contributed by atoms with van der Waals surface area (Å²) in [5, 5.41) is 21.6. The van der Waals surface area contributed by atoms with Gasteiger partial charge in [0.05, 0.1) is 17.6 Å². The summed E-state index contributed by atoms with van der Waals surface area (Å²) >= 11 is 0. The zero-order chi connectivity index (χ0) is 8.32. The number of aliphatic hydroxyl groups is 1. The van der Waals surface area contributed by atoms with Crippen LogP contribution in [0.3, 0.4) is 0 Å². The van der Waals surface area contributed by atoms with Gasteiger partial charge >= 0.3 is 0 Å². The Balaban J connectivity index is 2.57. The molecule has 0 saturated carbocycles. The van der Waals surface area contributed by atoms with Crippen LogP contribution >= 0.6 is 0 Å². The molecule has 3 heteroatoms. The molecule has 0 radical (unpaired) electrons. The zero-order valence-electron chi connectivity index (χ0n) is 6.80. The summed E-state index contributed by atoms with van der Waals surface area (Å²) in [6, 6.07) is 2.09. The van der Waals surface area contributed by atoms with E-state index in [4.69, 9.17) is 5.26 Å². The lowest BCUT2D eigenvalue weighted by Gasteiger charge is -2.34. The summed E-state index contributed by atoms with van der Waals surface area (Å²) in [7, 11) is 0. The van der Waals surface area contributed by atoms with Crippen molar-refractivity contribution in [3.05, 3.63) is 0 Å². The fourth-order valence-corrected chi connectivity index (χ4v) is 1.40. The van der Waals surface area contributed by atoms with E-state index in [1.807, 2.05) is 0 Å². The molecule has 0 aromatic carbocycles. The van der Waals surface area contributed by atoms with E-state index in [1.54, 1.807) is 6.92 Å². The van der Waals surface area contributed by atoms with Gasteiger partial charge in [-0.25, -0.2) is 0 Å². The molecule has 1 aliphatic heterocycles. The molecule has 1 heterocycles. The third kappa shape index (κ3) is 1.70. The lowest BCUT2D eigenvalue weighted by molar-refractivity contribution is -0.0128. The number of hydrogen-bond acceptors (Lipinski definition) is 3. The van der Waals surface area contributed by atoms with E-state index in [-0.39, 0.29) is 5.92 Å². The molecule has 1 aliphatic rings. The highest BCUT2D eigenvalue weighted by molar-refractivity contribution is 4.99. The van der Waals surface area contributed by atoms with Crippen LogP contribution in [0.1, 0.15) is 19.8 Å². The van der Waals surface area contributed by atoms with Crippen molar-refractivity contribution in [2.24, 2.45) is 5.92 Å². The second-order valence-corrected chi connectivity index (χ2v) is 3.23. The number of nitrogens with one attached hydrogen (secondary N) is 1. The lowest BCUT2D eigenvalue weighted by Crippen LogP contribution is -2.49. The SMILES string of the molecule is CC(C#N)C1(O)CCCNC1. The monoisotopic (exact) mass is 154 g/mol. The van der Waals surface area contributed by atoms with Gasteiger partial charge in [0, 0.05) is 6.54 Å². The van der Waals surface area contributed by atoms with Gasteiger partial charge in [-0.05, 0) is 26.3 Å². The van der Waals surface area contributed by atoms with E-state index >= 15 is 0 Å². The minimum absolute atomic E-state index is 0.268. The van der Waals surface area contributed by atoms with Crippen molar-refractivity contribution in [2.75, 3.05) is 13.1 Å². The molecule has 2 atom stereocenters. The molecule has 1 rings (SSSR count). The molecule has 0 aromatic rings. The highest BCUT2D eigenvalue weighted by Gasteiger charge is 2.34. The molecule has 1 saturated heterocycles. The minimum Gasteiger partial charge on any atom is -0.387 e. The first-order chi connectivity index (χ1) is 5.19. The summed E-state index contributed by atoms with van der Waals surface area (Å²) in [5.74, 6) is -0.268. The molecule has 1 fully saturated rings. The molecular formula is C8H14N2O. The zero-order valence-corrected chi connectivity index (χ0v) is 6.80. The standard InChI is InChI=1S/C8H14N2O/c1-7(5-9)8(11)3-2-4-10-6-8/h7,10-11H,2-4,6H2,1H3. The fraction of sp³-hybridized carbons (Fsp3) is 0.875. The Morgan fingerprint density at radius 2 is 2.45 bits per heavy atom. The maximum atomic E-state index is 9.85. The third-order valence-electron chi connectivity index (χ3n) is 2.39. The van der Waals surface area contributed by atoms with Gasteiger partial charge in [0.2, 0.25) is 0 Å². The van der Waals surface area contributed by atoms with Crippen LogP contribution in [0.4, 0.5) is 0 Å². The maximum absolute atomic E-state index is 9.85. The first-order valence-electron chi connectivity index (χ1n) is 4.02. The van der Waals surface area contributed by atoms with Crippen LogP contribution in [0.2, 0.25) is 0 Å². The third-order valence-corrected chi connectivity index (χ3v) is 2.39. The molecule has 0 spiro atoms. The van der Waals surface area contributed by atoms with E-state index < -0.39 is 5.60 Å². The minimum atomic E-state index is -0.785. The van der Waals surface area contributed by atoms with Crippen LogP contribution in [-0.4, -0.2) is 23.8 Å². The van der Waals surface area contributed by atoms with Gasteiger partial charge in [-0.3, -0.25) is 0 Å². The van der Waals surface area contributed by atoms with Gasteiger partial charge in [0.15, 0.2) is 0 Å². The molecule has 11 heavy (non-hydrogen) atoms. The van der Waals surface area contributed by atoms with Gasteiger partial charge in [0.25, 0.3) is 0 Å². The largest absolute Gasteiger partial charge is 0.387 e. The van der Waals surface area contributed by atoms with E-state index in [9.17, 15) is 5.11 Å². The Hall–Kier alpha value is -0.590. The molecule has 0 bridgehead atoms. The first kappa shape index (κ1) is 8.51. The Kier molecular flexibility index (Phi) is 2.48. The van der Waals surface area contributed by atoms with Crippen molar-refractivity contribution in [2.45, 2.75) is 25.4 Å². The van der Waals surface area contributed by atoms with Crippen LogP contribution in [-0.2, 0) is 0 Å². The summed E-state index contributed by atoms with van der Waals surface area (Å²) in [6.07, 6.45) is 1.71. The molecule has 0 aliphatic carbocycles. The predicted molar refractivity (Wildman–Crippen MR) is 41.8 cm³/mol. The predicted octanol–water partition coefficient (Wildman–Crippen LogP) is 0.261. The Labute approximate surface area is 67.0 Å². The summed E-state index contributed by atoms with van der Waals surface area (Å²) < 4.78 is 0. The van der Waals surface area contributed by atoms with E-state index in [1.165, 1.54) is 0 Å². The highest BCUT2D eigenvalue weighted by atomic mass is 16.3. The summed E-state index contributed by atoms with van der Waals surface area (Å²) in [6.45, 7) is 3.29. The van der Waals surface area contributed by atoms with E-state index in [0.29, 0.717) is 6.54 Å². The Morgan fingerprint density at radius 1 is 1.73 bits per heavy atom. The second kappa shape index (κ2) is 3.21. The van der Waals surface area contributed by atoms with E-state index in [0.717, 1.165) is 19.4 Å². The van der Waals surface area contributed by atoms with Gasteiger partial charge in [-0.15, -0.1) is 0 Å². The van der Waals surface area contributed by atoms with Crippen molar-refractivity contribution in [1.82, 2.24) is 5.32 Å². The average molecular weight is 154 g/mol. The lowest BCUT2D eigenvalue weighted by atomic mass is 9.83. The van der Waals surface area contributed by atoms with Crippen LogP contribution in [0.5, 0.6) is 0 Å². The molecule has 3 nitrogen and oxygen atoms in total. The number of rotatable bonds is 1. The molecular weight excluding hydrogens is 140 g/mol. The van der Waals surface area contributed by atoms with Crippen LogP contribution in [0, 0.1) is 17.2 Å². The van der Waals surface area contributed by atoms with Crippen molar-refractivity contribution in [3.63, 3.8) is 0 Å². The Bertz CT molecular complexity index is 167. The van der Waals surface area contributed by atoms with Crippen LogP contribution < -0.4 is 5.32 Å². The number of β-amino-alcohol motifs (C(OH)–C–C–N with tert-alkyl or cyclic N) is 1. The number of hydrogen-bond donors (Lipinski definition) is 2. The fourth-order valence-electron chi connectivity index (χ4n) is 1.40. The first-order valence-corrected chi connectivity index (χ1v) is 4.02. The van der Waals surface area contributed by atoms with Gasteiger partial charge in [0.1, 0.15) is 0 Å². The summed E-state index contributed by atoms with van der Waals surface area (Å²) in [5.41, 5.74) is -0.785. The van der Waals surface area contributed by atoms with Crippen molar-refractivity contribution >= 4 is 0 Å². The second-order valence-electron chi connectivity index (χ2n) is 3.23. The number of piperidine rings is 1. The smallest absolute Gasteiger partial charge is 0.0926 e. The molecule has 62 valence electrons. The highest BCUT2D eigenvalue weighted by Crippen LogP contribution is 2.24. The quantitative estimate of drug-likeness (QED) is 0.569. The number of nitrogens with zero attached hydrogens (tertiary/aromatic N) is 1. The van der Waals surface area contributed by atoms with Gasteiger partial charge < -0.3 is 10.4 Å². The molecule has 0 aromatic heterocycles. The molecule has 2 N–H and O–H groups in total. The van der Waals surface area contributed by atoms with Crippen molar-refractivity contribution in [3.8, 4) is 6.07 Å². The van der Waals surface area contributed by atoms with Crippen LogP contribution in [0.15, 0.2) is 0 Å². The number of nitriles is 1. The molecule has 2 unspecified atom stereocenters. The topological polar surface area (TPSA) is 56.0 Å². The van der Waals surface area contributed by atoms with Crippen molar-refractivity contribution in [1.29, 1.82) is 5.26 Å². The van der Waals surface area contributed by atoms with Gasteiger partial charge in [-0.1, -0.05) is 0 Å². The van der Waals surface area contributed by atoms with Crippen LogP contribution in [0.25, 0.3) is 0 Å². The van der Waals surface area contributed by atoms with E-state index in [2.05, 4.69) is 11.4 Å². The normalized spacial score (nSPS) is 34.3. The molecule has 0 amide bonds. The maximum Gasteiger partial charge on any atom is 0.0926 e.